The highest BCUT2D eigenvalue weighted by atomic mass is 15.5. The molecule has 274 valence electrons. The summed E-state index contributed by atoms with van der Waals surface area (Å²) in [6.45, 7) is 16.9. The lowest BCUT2D eigenvalue weighted by Gasteiger charge is -2.25. The molecule has 5 aromatic carbocycles. The average Bonchev–Trinajstić information content (AvgIpc) is 3.60. The van der Waals surface area contributed by atoms with E-state index in [-0.39, 0.29) is 10.8 Å². The fourth-order valence-corrected chi connectivity index (χ4v) is 8.66. The zero-order chi connectivity index (χ0) is 37.7. The van der Waals surface area contributed by atoms with E-state index in [9.17, 15) is 0 Å². The highest BCUT2D eigenvalue weighted by Crippen LogP contribution is 2.43. The maximum absolute atomic E-state index is 5.09. The molecule has 0 saturated carbocycles. The molecule has 0 radical (unpaired) electrons. The molecule has 2 atom stereocenters. The first-order valence-corrected chi connectivity index (χ1v) is 19.6. The molecule has 0 bridgehead atoms. The first-order chi connectivity index (χ1) is 26.3. The van der Waals surface area contributed by atoms with Crippen LogP contribution in [0, 0.1) is 0 Å². The zero-order valence-corrected chi connectivity index (χ0v) is 32.8. The lowest BCUT2D eigenvalue weighted by Crippen LogP contribution is -2.37. The average molecular weight is 715 g/mol. The summed E-state index contributed by atoms with van der Waals surface area (Å²) in [5.74, 6) is 0. The number of hydrogen-bond donors (Lipinski definition) is 0. The van der Waals surface area contributed by atoms with Gasteiger partial charge in [-0.15, -0.1) is 0 Å². The van der Waals surface area contributed by atoms with Crippen molar-refractivity contribution in [2.75, 3.05) is 36.2 Å². The molecule has 2 unspecified atom stereocenters. The molecule has 2 aliphatic rings. The first-order valence-electron chi connectivity index (χ1n) is 19.6. The second-order valence-electron chi connectivity index (χ2n) is 14.7. The van der Waals surface area contributed by atoms with E-state index in [1.54, 1.807) is 0 Å². The minimum atomic E-state index is -0.243. The Morgan fingerprint density at radius 1 is 0.481 bits per heavy atom. The summed E-state index contributed by atoms with van der Waals surface area (Å²) in [6, 6.07) is 48.0. The second kappa shape index (κ2) is 15.8. The Hall–Kier alpha value is -5.62. The van der Waals surface area contributed by atoms with E-state index in [4.69, 9.17) is 10.2 Å². The number of hydrogen-bond acceptors (Lipinski definition) is 4. The fourth-order valence-electron chi connectivity index (χ4n) is 8.66. The van der Waals surface area contributed by atoms with E-state index < -0.39 is 0 Å². The Labute approximate surface area is 322 Å². The summed E-state index contributed by atoms with van der Waals surface area (Å²) in [5, 5.41) is 14.3. The predicted molar refractivity (Wildman–Crippen MR) is 228 cm³/mol. The van der Waals surface area contributed by atoms with Crippen LogP contribution in [0.1, 0.15) is 63.8 Å². The smallest absolute Gasteiger partial charge is 0.212 e. The van der Waals surface area contributed by atoms with Gasteiger partial charge < -0.3 is 0 Å². The zero-order valence-electron chi connectivity index (χ0n) is 32.8. The highest BCUT2D eigenvalue weighted by molar-refractivity contribution is 6.34. The van der Waals surface area contributed by atoms with Crippen LogP contribution in [-0.4, -0.2) is 59.2 Å². The topological polar surface area (TPSA) is 37.2 Å². The lowest BCUT2D eigenvalue weighted by molar-refractivity contribution is -0.432. The minimum absolute atomic E-state index is 0.243. The van der Waals surface area contributed by atoms with Crippen LogP contribution in [0.5, 0.6) is 0 Å². The highest BCUT2D eigenvalue weighted by Gasteiger charge is 2.49. The van der Waals surface area contributed by atoms with E-state index >= 15 is 0 Å². The minimum Gasteiger partial charge on any atom is -0.266 e. The third-order valence-electron chi connectivity index (χ3n) is 11.4. The molecular weight excluding hydrogens is 661 g/mol. The molecule has 5 aromatic rings. The van der Waals surface area contributed by atoms with Crippen molar-refractivity contribution in [2.24, 2.45) is 10.2 Å². The fraction of sp³-hybridized carbons (Fsp3) is 0.292. The third-order valence-corrected chi connectivity index (χ3v) is 11.4. The van der Waals surface area contributed by atoms with E-state index in [1.807, 2.05) is 0 Å². The van der Waals surface area contributed by atoms with Gasteiger partial charge in [0.25, 0.3) is 0 Å². The number of hydrazone groups is 2. The Kier molecular flexibility index (Phi) is 10.7. The first kappa shape index (κ1) is 36.7. The normalized spacial score (nSPS) is 19.2. The molecule has 6 heteroatoms. The molecule has 0 aliphatic carbocycles. The summed E-state index contributed by atoms with van der Waals surface area (Å²) in [7, 11) is 0. The number of anilines is 2. The van der Waals surface area contributed by atoms with Gasteiger partial charge in [-0.05, 0) is 89.8 Å². The maximum Gasteiger partial charge on any atom is 0.212 e. The van der Waals surface area contributed by atoms with Gasteiger partial charge in [0.2, 0.25) is 22.8 Å². The second-order valence-corrected chi connectivity index (χ2v) is 14.7. The van der Waals surface area contributed by atoms with Crippen LogP contribution in [0.3, 0.4) is 0 Å². The summed E-state index contributed by atoms with van der Waals surface area (Å²) in [4.78, 5) is 0. The van der Waals surface area contributed by atoms with Crippen molar-refractivity contribution in [3.05, 3.63) is 156 Å². The van der Waals surface area contributed by atoms with Crippen molar-refractivity contribution >= 4 is 46.6 Å². The number of rotatable bonds is 14. The van der Waals surface area contributed by atoms with Crippen molar-refractivity contribution in [3.63, 3.8) is 0 Å². The van der Waals surface area contributed by atoms with Crippen molar-refractivity contribution < 1.29 is 9.15 Å². The molecule has 0 spiro atoms. The molecule has 6 nitrogen and oxygen atoms in total. The number of benzene rings is 5. The Bertz CT molecular complexity index is 2040. The van der Waals surface area contributed by atoms with Crippen LogP contribution < -0.4 is 10.0 Å². The molecule has 0 amide bonds. The summed E-state index contributed by atoms with van der Waals surface area (Å²) >= 11 is 0. The van der Waals surface area contributed by atoms with Crippen LogP contribution in [-0.2, 0) is 23.7 Å². The van der Waals surface area contributed by atoms with E-state index in [2.05, 4.69) is 207 Å². The number of para-hydroxylation sites is 4. The largest absolute Gasteiger partial charge is 0.266 e. The standard InChI is InChI=1S/C48H54N6/c1-7-51-43-27-19-17-25-41(43)47(5,45(51)35-49-53(9-3)39-21-13-11-14-22-39)33-37-29-31-38(32-30-37)34-48(6)42-26-18-20-28-44(42)52(8-2)46(48)36-50-54(10-4)40-23-15-12-16-24-40/h11-32,35-36H,7-10,33-34H2,1-6H3/q+2. The molecule has 0 fully saturated rings. The summed E-state index contributed by atoms with van der Waals surface area (Å²) in [6.07, 6.45) is 5.98. The van der Waals surface area contributed by atoms with Crippen molar-refractivity contribution in [1.29, 1.82) is 0 Å². The Morgan fingerprint density at radius 2 is 0.833 bits per heavy atom. The van der Waals surface area contributed by atoms with Crippen LogP contribution in [0.2, 0.25) is 0 Å². The Morgan fingerprint density at radius 3 is 1.19 bits per heavy atom. The van der Waals surface area contributed by atoms with Crippen molar-refractivity contribution in [1.82, 2.24) is 0 Å². The molecule has 2 aliphatic heterocycles. The summed E-state index contributed by atoms with van der Waals surface area (Å²) < 4.78 is 4.89. The van der Waals surface area contributed by atoms with Crippen molar-refractivity contribution in [2.45, 2.75) is 65.2 Å². The van der Waals surface area contributed by atoms with Gasteiger partial charge in [-0.3, -0.25) is 10.0 Å². The predicted octanol–water partition coefficient (Wildman–Crippen LogP) is 9.95. The SMILES string of the molecule is CCN(N=CC1=[N+](CC)c2ccccc2C1(C)Cc1ccc(CC2(C)C(C=NN(CC)c3ccccc3)=[N+](CC)c3ccccc32)cc1)c1ccccc1. The molecule has 2 heterocycles. The van der Waals surface area contributed by atoms with Crippen LogP contribution in [0.15, 0.2) is 144 Å². The summed E-state index contributed by atoms with van der Waals surface area (Å²) in [5.41, 5.74) is 12.0. The molecule has 0 saturated heterocycles. The van der Waals surface area contributed by atoms with Gasteiger partial charge in [-0.2, -0.15) is 19.4 Å². The number of nitrogens with zero attached hydrogens (tertiary/aromatic N) is 6. The van der Waals surface area contributed by atoms with Gasteiger partial charge >= 0.3 is 0 Å². The molecular formula is C48H54N6+2. The van der Waals surface area contributed by atoms with Gasteiger partial charge in [0, 0.05) is 36.3 Å². The monoisotopic (exact) mass is 714 g/mol. The van der Waals surface area contributed by atoms with Crippen LogP contribution in [0.4, 0.5) is 22.7 Å². The lowest BCUT2D eigenvalue weighted by atomic mass is 9.73. The van der Waals surface area contributed by atoms with Gasteiger partial charge in [-0.25, -0.2) is 0 Å². The number of fused-ring (bicyclic) bond motifs is 2. The van der Waals surface area contributed by atoms with Crippen LogP contribution >= 0.6 is 0 Å². The van der Waals surface area contributed by atoms with Gasteiger partial charge in [-0.1, -0.05) is 97.1 Å². The van der Waals surface area contributed by atoms with E-state index in [0.717, 1.165) is 50.4 Å². The molecule has 54 heavy (non-hydrogen) atoms. The van der Waals surface area contributed by atoms with Gasteiger partial charge in [0.15, 0.2) is 0 Å². The van der Waals surface area contributed by atoms with E-state index in [1.165, 1.54) is 45.1 Å². The van der Waals surface area contributed by atoms with Crippen LogP contribution in [0.25, 0.3) is 0 Å². The molecule has 0 aromatic heterocycles. The molecule has 0 N–H and O–H groups in total. The molecule has 7 rings (SSSR count). The quantitative estimate of drug-likeness (QED) is 0.0653. The van der Waals surface area contributed by atoms with E-state index in [0.29, 0.717) is 0 Å². The van der Waals surface area contributed by atoms with Crippen molar-refractivity contribution in [3.8, 4) is 0 Å². The Balaban J connectivity index is 1.19. The third kappa shape index (κ3) is 6.82. The maximum atomic E-state index is 5.09. The van der Waals surface area contributed by atoms with Gasteiger partial charge in [0.1, 0.15) is 25.5 Å². The van der Waals surface area contributed by atoms with Gasteiger partial charge in [0.05, 0.1) is 22.2 Å².